The maximum Gasteiger partial charge on any atom is 0.274 e. The standard InChI is InChI=1S/C23H25N3O2/c1-17-9-11-18(12-10-17)22-19-7-3-4-8-20(19)23(28)26(24-22)16-13-21(27)25-14-5-2-6-15-25/h3-4,7-12H,2,5-6,13-16H2,1H3. The molecule has 1 fully saturated rings. The van der Waals surface area contributed by atoms with Crippen LogP contribution in [-0.4, -0.2) is 33.7 Å². The zero-order valence-electron chi connectivity index (χ0n) is 16.2. The van der Waals surface area contributed by atoms with Crippen LogP contribution in [0.2, 0.25) is 0 Å². The van der Waals surface area contributed by atoms with Crippen LogP contribution in [0.15, 0.2) is 53.3 Å². The summed E-state index contributed by atoms with van der Waals surface area (Å²) < 4.78 is 1.46. The van der Waals surface area contributed by atoms with Gasteiger partial charge in [0.2, 0.25) is 5.91 Å². The lowest BCUT2D eigenvalue weighted by Gasteiger charge is -2.26. The highest BCUT2D eigenvalue weighted by atomic mass is 16.2. The molecule has 1 saturated heterocycles. The Hall–Kier alpha value is -2.95. The molecule has 0 bridgehead atoms. The fourth-order valence-corrected chi connectivity index (χ4v) is 3.81. The summed E-state index contributed by atoms with van der Waals surface area (Å²) in [6, 6.07) is 15.7. The molecule has 1 aliphatic rings. The molecule has 0 N–H and O–H groups in total. The van der Waals surface area contributed by atoms with Gasteiger partial charge in [-0.2, -0.15) is 5.10 Å². The van der Waals surface area contributed by atoms with Gasteiger partial charge in [-0.15, -0.1) is 0 Å². The van der Waals surface area contributed by atoms with Crippen LogP contribution in [0.3, 0.4) is 0 Å². The molecule has 1 aromatic heterocycles. The van der Waals surface area contributed by atoms with Gasteiger partial charge < -0.3 is 4.90 Å². The number of fused-ring (bicyclic) bond motifs is 1. The highest BCUT2D eigenvalue weighted by Crippen LogP contribution is 2.25. The van der Waals surface area contributed by atoms with Gasteiger partial charge in [-0.05, 0) is 32.3 Å². The molecule has 1 aliphatic heterocycles. The molecular formula is C23H25N3O2. The molecule has 0 atom stereocenters. The Morgan fingerprint density at radius 3 is 2.36 bits per heavy atom. The van der Waals surface area contributed by atoms with Crippen molar-refractivity contribution in [2.24, 2.45) is 0 Å². The highest BCUT2D eigenvalue weighted by Gasteiger charge is 2.18. The quantitative estimate of drug-likeness (QED) is 0.697. The van der Waals surface area contributed by atoms with Crippen LogP contribution in [-0.2, 0) is 11.3 Å². The van der Waals surface area contributed by atoms with Gasteiger partial charge in [0.05, 0.1) is 17.6 Å². The van der Waals surface area contributed by atoms with Crippen LogP contribution in [0.25, 0.3) is 22.0 Å². The van der Waals surface area contributed by atoms with E-state index in [-0.39, 0.29) is 11.5 Å². The molecule has 0 unspecified atom stereocenters. The van der Waals surface area contributed by atoms with E-state index in [9.17, 15) is 9.59 Å². The number of aryl methyl sites for hydroxylation is 2. The van der Waals surface area contributed by atoms with Crippen molar-refractivity contribution in [3.8, 4) is 11.3 Å². The molecule has 0 spiro atoms. The first-order valence-corrected chi connectivity index (χ1v) is 9.98. The minimum absolute atomic E-state index is 0.110. The van der Waals surface area contributed by atoms with Crippen molar-refractivity contribution < 1.29 is 4.79 Å². The maximum atomic E-state index is 12.9. The van der Waals surface area contributed by atoms with Crippen molar-refractivity contribution in [3.63, 3.8) is 0 Å². The Bertz CT molecular complexity index is 1050. The lowest BCUT2D eigenvalue weighted by Crippen LogP contribution is -2.36. The van der Waals surface area contributed by atoms with Crippen LogP contribution in [0.4, 0.5) is 0 Å². The van der Waals surface area contributed by atoms with Crippen LogP contribution in [0, 0.1) is 6.92 Å². The molecule has 5 nitrogen and oxygen atoms in total. The van der Waals surface area contributed by atoms with Gasteiger partial charge in [0, 0.05) is 30.5 Å². The second-order valence-electron chi connectivity index (χ2n) is 7.48. The summed E-state index contributed by atoms with van der Waals surface area (Å²) in [6.07, 6.45) is 3.63. The fourth-order valence-electron chi connectivity index (χ4n) is 3.81. The number of amides is 1. The number of carbonyl (C=O) groups is 1. The molecule has 3 aromatic rings. The first-order valence-electron chi connectivity index (χ1n) is 9.98. The number of carbonyl (C=O) groups excluding carboxylic acids is 1. The Morgan fingerprint density at radius 1 is 0.964 bits per heavy atom. The lowest BCUT2D eigenvalue weighted by molar-refractivity contribution is -0.132. The van der Waals surface area contributed by atoms with E-state index in [2.05, 4.69) is 5.10 Å². The average molecular weight is 375 g/mol. The monoisotopic (exact) mass is 375 g/mol. The largest absolute Gasteiger partial charge is 0.343 e. The molecule has 2 heterocycles. The molecule has 2 aromatic carbocycles. The average Bonchev–Trinajstić information content (AvgIpc) is 2.74. The van der Waals surface area contributed by atoms with Gasteiger partial charge in [-0.1, -0.05) is 48.0 Å². The summed E-state index contributed by atoms with van der Waals surface area (Å²) >= 11 is 0. The summed E-state index contributed by atoms with van der Waals surface area (Å²) in [7, 11) is 0. The van der Waals surface area contributed by atoms with E-state index in [1.54, 1.807) is 0 Å². The van der Waals surface area contributed by atoms with Gasteiger partial charge in [0.25, 0.3) is 5.56 Å². The van der Waals surface area contributed by atoms with Crippen LogP contribution < -0.4 is 5.56 Å². The summed E-state index contributed by atoms with van der Waals surface area (Å²) in [5.41, 5.74) is 2.78. The van der Waals surface area contributed by atoms with Gasteiger partial charge in [0.1, 0.15) is 0 Å². The van der Waals surface area contributed by atoms with E-state index in [4.69, 9.17) is 0 Å². The van der Waals surface area contributed by atoms with Crippen molar-refractivity contribution in [2.45, 2.75) is 39.2 Å². The van der Waals surface area contributed by atoms with Gasteiger partial charge >= 0.3 is 0 Å². The number of rotatable bonds is 4. The van der Waals surface area contributed by atoms with E-state index >= 15 is 0 Å². The molecule has 144 valence electrons. The van der Waals surface area contributed by atoms with E-state index in [0.717, 1.165) is 42.6 Å². The maximum absolute atomic E-state index is 12.9. The predicted molar refractivity (Wildman–Crippen MR) is 111 cm³/mol. The van der Waals surface area contributed by atoms with E-state index in [0.29, 0.717) is 18.4 Å². The zero-order valence-corrected chi connectivity index (χ0v) is 16.2. The molecule has 0 saturated carbocycles. The number of aromatic nitrogens is 2. The van der Waals surface area contributed by atoms with Crippen molar-refractivity contribution in [3.05, 3.63) is 64.4 Å². The van der Waals surface area contributed by atoms with Crippen molar-refractivity contribution in [2.75, 3.05) is 13.1 Å². The van der Waals surface area contributed by atoms with Crippen molar-refractivity contribution >= 4 is 16.7 Å². The van der Waals surface area contributed by atoms with Crippen LogP contribution in [0.1, 0.15) is 31.2 Å². The molecule has 5 heteroatoms. The number of likely N-dealkylation sites (tertiary alicyclic amines) is 1. The number of hydrogen-bond donors (Lipinski definition) is 0. The molecule has 4 rings (SSSR count). The minimum atomic E-state index is -0.141. The summed E-state index contributed by atoms with van der Waals surface area (Å²) in [5, 5.41) is 6.13. The van der Waals surface area contributed by atoms with Gasteiger partial charge in [-0.3, -0.25) is 9.59 Å². The number of benzene rings is 2. The summed E-state index contributed by atoms with van der Waals surface area (Å²) in [4.78, 5) is 27.4. The van der Waals surface area contributed by atoms with Gasteiger partial charge in [-0.25, -0.2) is 4.68 Å². The predicted octanol–water partition coefficient (Wildman–Crippen LogP) is 3.77. The topological polar surface area (TPSA) is 55.2 Å². The highest BCUT2D eigenvalue weighted by molar-refractivity contribution is 5.93. The first-order chi connectivity index (χ1) is 13.6. The molecular weight excluding hydrogens is 350 g/mol. The normalized spacial score (nSPS) is 14.4. The summed E-state index contributed by atoms with van der Waals surface area (Å²) in [6.45, 7) is 4.00. The second kappa shape index (κ2) is 7.97. The smallest absolute Gasteiger partial charge is 0.274 e. The van der Waals surface area contributed by atoms with Crippen molar-refractivity contribution in [1.82, 2.24) is 14.7 Å². The fraction of sp³-hybridized carbons (Fsp3) is 0.348. The van der Waals surface area contributed by atoms with E-state index in [1.807, 2.05) is 60.4 Å². The number of nitrogens with zero attached hydrogens (tertiary/aromatic N) is 3. The third-order valence-electron chi connectivity index (χ3n) is 5.44. The number of hydrogen-bond acceptors (Lipinski definition) is 3. The Labute approximate surface area is 164 Å². The van der Waals surface area contributed by atoms with Crippen LogP contribution in [0.5, 0.6) is 0 Å². The SMILES string of the molecule is Cc1ccc(-c2nn(CCC(=O)N3CCCCC3)c(=O)c3ccccc23)cc1. The van der Waals surface area contributed by atoms with E-state index < -0.39 is 0 Å². The minimum Gasteiger partial charge on any atom is -0.343 e. The van der Waals surface area contributed by atoms with Crippen molar-refractivity contribution in [1.29, 1.82) is 0 Å². The Kier molecular flexibility index (Phi) is 5.24. The zero-order chi connectivity index (χ0) is 19.5. The lowest BCUT2D eigenvalue weighted by atomic mass is 10.0. The third-order valence-corrected chi connectivity index (χ3v) is 5.44. The Balaban J connectivity index is 1.68. The second-order valence-corrected chi connectivity index (χ2v) is 7.48. The molecule has 1 amide bonds. The third kappa shape index (κ3) is 3.70. The number of piperidine rings is 1. The summed E-state index contributed by atoms with van der Waals surface area (Å²) in [5.74, 6) is 0.110. The van der Waals surface area contributed by atoms with Crippen LogP contribution >= 0.6 is 0 Å². The van der Waals surface area contributed by atoms with Gasteiger partial charge in [0.15, 0.2) is 0 Å². The first kappa shape index (κ1) is 18.4. The Morgan fingerprint density at radius 2 is 1.64 bits per heavy atom. The molecule has 0 aliphatic carbocycles. The molecule has 0 radical (unpaired) electrons. The molecule has 28 heavy (non-hydrogen) atoms. The van der Waals surface area contributed by atoms with E-state index in [1.165, 1.54) is 16.7 Å².